The van der Waals surface area contributed by atoms with Crippen LogP contribution in [0.3, 0.4) is 0 Å². The summed E-state index contributed by atoms with van der Waals surface area (Å²) in [7, 11) is 7.87. The van der Waals surface area contributed by atoms with Gasteiger partial charge in [-0.05, 0) is 51.0 Å². The predicted molar refractivity (Wildman–Crippen MR) is 112 cm³/mol. The second-order valence-corrected chi connectivity index (χ2v) is 9.33. The van der Waals surface area contributed by atoms with Crippen LogP contribution in [-0.4, -0.2) is 60.3 Å². The van der Waals surface area contributed by atoms with E-state index in [1.54, 1.807) is 0 Å². The molecule has 0 saturated heterocycles. The highest BCUT2D eigenvalue weighted by Crippen LogP contribution is 2.30. The molecular weight excluding hydrogens is 364 g/mol. The summed E-state index contributed by atoms with van der Waals surface area (Å²) in [6, 6.07) is 11.3. The summed E-state index contributed by atoms with van der Waals surface area (Å²) in [4.78, 5) is 29.1. The highest BCUT2D eigenvalue weighted by Gasteiger charge is 2.31. The van der Waals surface area contributed by atoms with E-state index in [-0.39, 0.29) is 11.8 Å². The molecule has 0 fully saturated rings. The molecule has 0 aliphatic carbocycles. The van der Waals surface area contributed by atoms with Crippen molar-refractivity contribution in [3.63, 3.8) is 0 Å². The van der Waals surface area contributed by atoms with E-state index < -0.39 is 0 Å². The molecule has 0 aromatic heterocycles. The van der Waals surface area contributed by atoms with Gasteiger partial charge in [0.25, 0.3) is 11.8 Å². The van der Waals surface area contributed by atoms with Gasteiger partial charge in [0.15, 0.2) is 0 Å². The van der Waals surface area contributed by atoms with Crippen molar-refractivity contribution in [2.75, 3.05) is 38.7 Å². The Bertz CT molecular complexity index is 757. The number of carbonyl (C=O) groups excluding carboxylic acids is 2. The van der Waals surface area contributed by atoms with Crippen LogP contribution in [0.4, 0.5) is 0 Å². The molecule has 2 aromatic carbocycles. The normalized spacial score (nSPS) is 13.9. The lowest BCUT2D eigenvalue weighted by molar-refractivity contribution is 0.0611. The molecule has 0 N–H and O–H groups in total. The molecule has 0 radical (unpaired) electrons. The number of hydrogen-bond donors (Lipinski definition) is 0. The number of amides is 2. The van der Waals surface area contributed by atoms with Crippen LogP contribution < -0.4 is 0 Å². The number of nitrogens with zero attached hydrogens (tertiary/aromatic N) is 2. The van der Waals surface area contributed by atoms with E-state index in [0.717, 1.165) is 35.2 Å². The maximum Gasteiger partial charge on any atom is 0.261 e. The fraction of sp³-hybridized carbons (Fsp3) is 0.400. The zero-order valence-corrected chi connectivity index (χ0v) is 16.9. The van der Waals surface area contributed by atoms with Gasteiger partial charge in [-0.15, -0.1) is 0 Å². The van der Waals surface area contributed by atoms with E-state index in [4.69, 9.17) is 0 Å². The van der Waals surface area contributed by atoms with Gasteiger partial charge in [-0.2, -0.15) is 0 Å². The SMILES string of the molecule is CN(C)CCCSSCCCN1C(=O)c2cccc3cccc(c23)C1=O. The molecule has 6 heteroatoms. The molecule has 0 spiro atoms. The van der Waals surface area contributed by atoms with E-state index >= 15 is 0 Å². The van der Waals surface area contributed by atoms with E-state index in [2.05, 4.69) is 19.0 Å². The first-order chi connectivity index (χ1) is 12.6. The lowest BCUT2D eigenvalue weighted by Gasteiger charge is -2.27. The summed E-state index contributed by atoms with van der Waals surface area (Å²) < 4.78 is 0. The third-order valence-electron chi connectivity index (χ3n) is 4.38. The maximum atomic E-state index is 12.8. The average Bonchev–Trinajstić information content (AvgIpc) is 2.63. The Morgan fingerprint density at radius 1 is 0.885 bits per heavy atom. The van der Waals surface area contributed by atoms with Gasteiger partial charge in [-0.1, -0.05) is 45.9 Å². The van der Waals surface area contributed by atoms with Crippen molar-refractivity contribution >= 4 is 44.2 Å². The van der Waals surface area contributed by atoms with Crippen molar-refractivity contribution in [1.29, 1.82) is 0 Å². The van der Waals surface area contributed by atoms with Gasteiger partial charge in [-0.25, -0.2) is 0 Å². The third-order valence-corrected chi connectivity index (χ3v) is 6.96. The van der Waals surface area contributed by atoms with Crippen molar-refractivity contribution < 1.29 is 9.59 Å². The second kappa shape index (κ2) is 8.93. The standard InChI is InChI=1S/C20H24N2O2S2/c1-21(2)11-5-13-25-26-14-6-12-22-19(23)16-9-3-7-15-8-4-10-17(18(15)16)20(22)24/h3-4,7-10H,5-6,11-14H2,1-2H3. The molecule has 138 valence electrons. The summed E-state index contributed by atoms with van der Waals surface area (Å²) in [5, 5.41) is 1.75. The van der Waals surface area contributed by atoms with Gasteiger partial charge >= 0.3 is 0 Å². The van der Waals surface area contributed by atoms with Crippen LogP contribution in [0.15, 0.2) is 36.4 Å². The fourth-order valence-corrected chi connectivity index (χ4v) is 5.27. The van der Waals surface area contributed by atoms with Crippen molar-refractivity contribution in [3.8, 4) is 0 Å². The summed E-state index contributed by atoms with van der Waals surface area (Å²) in [5.74, 6) is 1.74. The van der Waals surface area contributed by atoms with Gasteiger partial charge < -0.3 is 4.90 Å². The molecule has 2 amide bonds. The van der Waals surface area contributed by atoms with Crippen LogP contribution in [0.2, 0.25) is 0 Å². The Labute approximate surface area is 162 Å². The van der Waals surface area contributed by atoms with Crippen LogP contribution in [0.1, 0.15) is 33.6 Å². The third kappa shape index (κ3) is 4.24. The molecule has 3 rings (SSSR count). The topological polar surface area (TPSA) is 40.6 Å². The smallest absolute Gasteiger partial charge is 0.261 e. The van der Waals surface area contributed by atoms with Crippen LogP contribution >= 0.6 is 21.6 Å². The van der Waals surface area contributed by atoms with Crippen molar-refractivity contribution in [1.82, 2.24) is 9.80 Å². The molecule has 0 unspecified atom stereocenters. The number of rotatable bonds is 9. The van der Waals surface area contributed by atoms with E-state index in [9.17, 15) is 9.59 Å². The lowest BCUT2D eigenvalue weighted by atomic mass is 9.94. The van der Waals surface area contributed by atoms with Gasteiger partial charge in [0.2, 0.25) is 0 Å². The molecule has 1 heterocycles. The molecule has 0 bridgehead atoms. The molecular formula is C20H24N2O2S2. The van der Waals surface area contributed by atoms with Crippen molar-refractivity contribution in [3.05, 3.63) is 47.5 Å². The zero-order valence-electron chi connectivity index (χ0n) is 15.2. The fourth-order valence-electron chi connectivity index (χ4n) is 3.12. The number of benzene rings is 2. The van der Waals surface area contributed by atoms with Gasteiger partial charge in [0, 0.05) is 34.6 Å². The summed E-state index contributed by atoms with van der Waals surface area (Å²) in [6.07, 6.45) is 2.00. The lowest BCUT2D eigenvalue weighted by Crippen LogP contribution is -2.41. The highest BCUT2D eigenvalue weighted by molar-refractivity contribution is 8.76. The zero-order chi connectivity index (χ0) is 18.5. The number of carbonyl (C=O) groups is 2. The molecule has 0 atom stereocenters. The van der Waals surface area contributed by atoms with E-state index in [1.165, 1.54) is 11.3 Å². The predicted octanol–water partition coefficient (Wildman–Crippen LogP) is 4.16. The largest absolute Gasteiger partial charge is 0.309 e. The average molecular weight is 389 g/mol. The summed E-state index contributed by atoms with van der Waals surface area (Å²) in [6.45, 7) is 1.59. The molecule has 0 saturated carbocycles. The summed E-state index contributed by atoms with van der Waals surface area (Å²) >= 11 is 0. The first kappa shape index (κ1) is 19.3. The Morgan fingerprint density at radius 2 is 1.46 bits per heavy atom. The Balaban J connectivity index is 1.54. The van der Waals surface area contributed by atoms with Crippen LogP contribution in [-0.2, 0) is 0 Å². The Morgan fingerprint density at radius 3 is 2.04 bits per heavy atom. The van der Waals surface area contributed by atoms with Crippen LogP contribution in [0.5, 0.6) is 0 Å². The molecule has 1 aliphatic rings. The van der Waals surface area contributed by atoms with Gasteiger partial charge in [-0.3, -0.25) is 14.5 Å². The minimum absolute atomic E-state index is 0.164. The first-order valence-electron chi connectivity index (χ1n) is 8.86. The van der Waals surface area contributed by atoms with Gasteiger partial charge in [0.1, 0.15) is 0 Å². The van der Waals surface area contributed by atoms with Crippen molar-refractivity contribution in [2.45, 2.75) is 12.8 Å². The van der Waals surface area contributed by atoms with Crippen LogP contribution in [0, 0.1) is 0 Å². The summed E-state index contributed by atoms with van der Waals surface area (Å²) in [5.41, 5.74) is 1.28. The quantitative estimate of drug-likeness (QED) is 0.366. The minimum atomic E-state index is -0.164. The van der Waals surface area contributed by atoms with Gasteiger partial charge in [0.05, 0.1) is 0 Å². The highest BCUT2D eigenvalue weighted by atomic mass is 33.1. The van der Waals surface area contributed by atoms with Crippen LogP contribution in [0.25, 0.3) is 10.8 Å². The van der Waals surface area contributed by atoms with E-state index in [1.807, 2.05) is 58.0 Å². The Kier molecular flexibility index (Phi) is 6.62. The molecule has 26 heavy (non-hydrogen) atoms. The molecule has 4 nitrogen and oxygen atoms in total. The Hall–Kier alpha value is -1.50. The monoisotopic (exact) mass is 388 g/mol. The molecule has 2 aromatic rings. The van der Waals surface area contributed by atoms with Crippen molar-refractivity contribution in [2.24, 2.45) is 0 Å². The first-order valence-corrected chi connectivity index (χ1v) is 11.4. The maximum absolute atomic E-state index is 12.8. The minimum Gasteiger partial charge on any atom is -0.309 e. The van der Waals surface area contributed by atoms with E-state index in [0.29, 0.717) is 17.7 Å². The molecule has 1 aliphatic heterocycles. The second-order valence-electron chi connectivity index (χ2n) is 6.63. The number of hydrogen-bond acceptors (Lipinski definition) is 5. The number of imide groups is 1.